The van der Waals surface area contributed by atoms with Crippen LogP contribution in [0.2, 0.25) is 0 Å². The lowest BCUT2D eigenvalue weighted by Crippen LogP contribution is -2.25. The second-order valence-corrected chi connectivity index (χ2v) is 5.73. The average Bonchev–Trinajstić information content (AvgIpc) is 2.69. The molecule has 7 heteroatoms. The summed E-state index contributed by atoms with van der Waals surface area (Å²) in [6, 6.07) is 12.8. The number of ether oxygens (including phenoxy) is 2. The van der Waals surface area contributed by atoms with Gasteiger partial charge in [0.25, 0.3) is 5.91 Å². The standard InChI is InChI=1S/C20H22N2O5/c1-3-12-26-20(25)16-6-10-18(11-7-16)27-13-19(24)22-21-14(2)15-4-8-17(23)9-5-15/h4-11,23H,3,12-13H2,1-2H3,(H,22,24). The van der Waals surface area contributed by atoms with Gasteiger partial charge in [-0.25, -0.2) is 10.2 Å². The van der Waals surface area contributed by atoms with Crippen LogP contribution < -0.4 is 10.2 Å². The van der Waals surface area contributed by atoms with Crippen LogP contribution in [0, 0.1) is 0 Å². The van der Waals surface area contributed by atoms with E-state index in [4.69, 9.17) is 9.47 Å². The molecule has 0 unspecified atom stereocenters. The fraction of sp³-hybridized carbons (Fsp3) is 0.250. The SMILES string of the molecule is CCCOC(=O)c1ccc(OCC(=O)NN=C(C)c2ccc(O)cc2)cc1. The predicted molar refractivity (Wildman–Crippen MR) is 101 cm³/mol. The first-order chi connectivity index (χ1) is 13.0. The number of carbonyl (C=O) groups excluding carboxylic acids is 2. The number of aromatic hydroxyl groups is 1. The fourth-order valence-corrected chi connectivity index (χ4v) is 2.06. The zero-order chi connectivity index (χ0) is 19.6. The summed E-state index contributed by atoms with van der Waals surface area (Å²) < 4.78 is 10.4. The van der Waals surface area contributed by atoms with Crippen LogP contribution >= 0.6 is 0 Å². The minimum atomic E-state index is -0.417. The summed E-state index contributed by atoms with van der Waals surface area (Å²) in [7, 11) is 0. The van der Waals surface area contributed by atoms with Crippen molar-refractivity contribution in [3.05, 3.63) is 59.7 Å². The van der Waals surface area contributed by atoms with Crippen molar-refractivity contribution in [3.8, 4) is 11.5 Å². The van der Waals surface area contributed by atoms with Crippen molar-refractivity contribution < 1.29 is 24.2 Å². The number of nitrogens with zero attached hydrogens (tertiary/aromatic N) is 1. The normalized spacial score (nSPS) is 11.0. The first-order valence-corrected chi connectivity index (χ1v) is 8.52. The maximum Gasteiger partial charge on any atom is 0.338 e. The Morgan fingerprint density at radius 2 is 1.67 bits per heavy atom. The lowest BCUT2D eigenvalue weighted by Gasteiger charge is -2.07. The van der Waals surface area contributed by atoms with Gasteiger partial charge in [0.15, 0.2) is 6.61 Å². The Morgan fingerprint density at radius 3 is 2.30 bits per heavy atom. The number of hydrogen-bond acceptors (Lipinski definition) is 6. The molecule has 0 heterocycles. The molecule has 2 aromatic rings. The molecule has 0 aliphatic rings. The lowest BCUT2D eigenvalue weighted by molar-refractivity contribution is -0.123. The first kappa shape index (κ1) is 20.0. The maximum atomic E-state index is 11.8. The summed E-state index contributed by atoms with van der Waals surface area (Å²) in [4.78, 5) is 23.6. The van der Waals surface area contributed by atoms with E-state index in [9.17, 15) is 14.7 Å². The van der Waals surface area contributed by atoms with Crippen LogP contribution in [0.1, 0.15) is 36.2 Å². The number of hydrazone groups is 1. The van der Waals surface area contributed by atoms with Gasteiger partial charge >= 0.3 is 5.97 Å². The largest absolute Gasteiger partial charge is 0.508 e. The monoisotopic (exact) mass is 370 g/mol. The van der Waals surface area contributed by atoms with Gasteiger partial charge in [0, 0.05) is 0 Å². The second kappa shape index (κ2) is 9.96. The number of hydrogen-bond donors (Lipinski definition) is 2. The van der Waals surface area contributed by atoms with Gasteiger partial charge in [-0.05, 0) is 67.4 Å². The summed E-state index contributed by atoms with van der Waals surface area (Å²) in [5.41, 5.74) is 4.20. The van der Waals surface area contributed by atoms with Gasteiger partial charge in [-0.3, -0.25) is 4.79 Å². The molecule has 0 aliphatic carbocycles. The van der Waals surface area contributed by atoms with Gasteiger partial charge in [0.05, 0.1) is 17.9 Å². The molecule has 2 N–H and O–H groups in total. The molecule has 0 saturated carbocycles. The van der Waals surface area contributed by atoms with E-state index in [-0.39, 0.29) is 18.3 Å². The van der Waals surface area contributed by atoms with Crippen LogP contribution in [0.25, 0.3) is 0 Å². The highest BCUT2D eigenvalue weighted by Crippen LogP contribution is 2.13. The van der Waals surface area contributed by atoms with E-state index in [1.165, 1.54) is 0 Å². The van der Waals surface area contributed by atoms with Gasteiger partial charge in [-0.1, -0.05) is 6.92 Å². The molecule has 0 saturated heterocycles. The van der Waals surface area contributed by atoms with Crippen molar-refractivity contribution in [2.24, 2.45) is 5.10 Å². The Kier molecular flexibility index (Phi) is 7.37. The summed E-state index contributed by atoms with van der Waals surface area (Å²) in [6.07, 6.45) is 0.761. The Hall–Kier alpha value is -3.35. The summed E-state index contributed by atoms with van der Waals surface area (Å²) in [5, 5.41) is 13.3. The highest BCUT2D eigenvalue weighted by atomic mass is 16.5. The Balaban J connectivity index is 1.82. The van der Waals surface area contributed by atoms with E-state index in [0.29, 0.717) is 23.6 Å². The van der Waals surface area contributed by atoms with Crippen molar-refractivity contribution >= 4 is 17.6 Å². The van der Waals surface area contributed by atoms with Gasteiger partial charge in [0.2, 0.25) is 0 Å². The van der Waals surface area contributed by atoms with E-state index < -0.39 is 5.91 Å². The zero-order valence-corrected chi connectivity index (χ0v) is 15.3. The van der Waals surface area contributed by atoms with Gasteiger partial charge < -0.3 is 14.6 Å². The summed E-state index contributed by atoms with van der Waals surface area (Å²) in [5.74, 6) is -0.190. The lowest BCUT2D eigenvalue weighted by atomic mass is 10.1. The molecule has 142 valence electrons. The molecule has 0 aromatic heterocycles. The molecule has 0 fully saturated rings. The van der Waals surface area contributed by atoms with Crippen molar-refractivity contribution in [1.29, 1.82) is 0 Å². The van der Waals surface area contributed by atoms with Crippen molar-refractivity contribution in [3.63, 3.8) is 0 Å². The van der Waals surface area contributed by atoms with E-state index in [0.717, 1.165) is 12.0 Å². The Morgan fingerprint density at radius 1 is 1.04 bits per heavy atom. The van der Waals surface area contributed by atoms with E-state index in [1.54, 1.807) is 55.5 Å². The molecule has 0 spiro atoms. The third kappa shape index (κ3) is 6.47. The van der Waals surface area contributed by atoms with Gasteiger partial charge in [-0.2, -0.15) is 5.10 Å². The summed E-state index contributed by atoms with van der Waals surface area (Å²) >= 11 is 0. The van der Waals surface area contributed by atoms with E-state index in [2.05, 4.69) is 10.5 Å². The molecule has 2 rings (SSSR count). The number of rotatable bonds is 8. The van der Waals surface area contributed by atoms with Crippen LogP contribution in [-0.2, 0) is 9.53 Å². The quantitative estimate of drug-likeness (QED) is 0.423. The molecule has 27 heavy (non-hydrogen) atoms. The van der Waals surface area contributed by atoms with Crippen LogP contribution in [-0.4, -0.2) is 35.9 Å². The predicted octanol–water partition coefficient (Wildman–Crippen LogP) is 2.88. The second-order valence-electron chi connectivity index (χ2n) is 5.73. The first-order valence-electron chi connectivity index (χ1n) is 8.52. The number of nitrogens with one attached hydrogen (secondary N) is 1. The highest BCUT2D eigenvalue weighted by molar-refractivity contribution is 5.99. The number of amides is 1. The van der Waals surface area contributed by atoms with Crippen LogP contribution in [0.4, 0.5) is 0 Å². The van der Waals surface area contributed by atoms with Crippen molar-refractivity contribution in [2.45, 2.75) is 20.3 Å². The molecule has 0 aliphatic heterocycles. The molecule has 1 amide bonds. The minimum Gasteiger partial charge on any atom is -0.508 e. The number of benzene rings is 2. The van der Waals surface area contributed by atoms with Crippen LogP contribution in [0.15, 0.2) is 53.6 Å². The molecule has 0 radical (unpaired) electrons. The minimum absolute atomic E-state index is 0.161. The van der Waals surface area contributed by atoms with Gasteiger partial charge in [-0.15, -0.1) is 0 Å². The van der Waals surface area contributed by atoms with Crippen LogP contribution in [0.5, 0.6) is 11.5 Å². The van der Waals surface area contributed by atoms with E-state index in [1.807, 2.05) is 6.92 Å². The average molecular weight is 370 g/mol. The molecule has 2 aromatic carbocycles. The maximum absolute atomic E-state index is 11.8. The number of esters is 1. The number of phenolic OH excluding ortho intramolecular Hbond substituents is 1. The molecular weight excluding hydrogens is 348 g/mol. The third-order valence-corrected chi connectivity index (χ3v) is 3.53. The van der Waals surface area contributed by atoms with E-state index >= 15 is 0 Å². The summed E-state index contributed by atoms with van der Waals surface area (Å²) in [6.45, 7) is 3.82. The number of carbonyl (C=O) groups is 2. The Bertz CT molecular complexity index is 798. The molecule has 7 nitrogen and oxygen atoms in total. The molecule has 0 atom stereocenters. The van der Waals surface area contributed by atoms with Crippen molar-refractivity contribution in [2.75, 3.05) is 13.2 Å². The zero-order valence-electron chi connectivity index (χ0n) is 15.3. The third-order valence-electron chi connectivity index (χ3n) is 3.53. The Labute approximate surface area is 157 Å². The number of phenols is 1. The van der Waals surface area contributed by atoms with Crippen LogP contribution in [0.3, 0.4) is 0 Å². The topological polar surface area (TPSA) is 97.2 Å². The van der Waals surface area contributed by atoms with Gasteiger partial charge in [0.1, 0.15) is 11.5 Å². The molecular formula is C20H22N2O5. The highest BCUT2D eigenvalue weighted by Gasteiger charge is 2.08. The fourth-order valence-electron chi connectivity index (χ4n) is 2.06. The molecule has 0 bridgehead atoms. The smallest absolute Gasteiger partial charge is 0.338 e. The van der Waals surface area contributed by atoms with Crippen molar-refractivity contribution in [1.82, 2.24) is 5.43 Å².